The maximum absolute atomic E-state index is 14.8. The number of aliphatic hydroxyl groups excluding tert-OH is 1. The van der Waals surface area contributed by atoms with Gasteiger partial charge in [0, 0.05) is 41.1 Å². The molecule has 0 aliphatic carbocycles. The molecular formula is C23H28FN3O. The lowest BCUT2D eigenvalue weighted by Gasteiger charge is -2.43. The van der Waals surface area contributed by atoms with Crippen LogP contribution < -0.4 is 0 Å². The number of H-pyrrole nitrogens is 1. The van der Waals surface area contributed by atoms with Crippen LogP contribution in [-0.2, 0) is 12.8 Å². The molecule has 4 rings (SSSR count). The van der Waals surface area contributed by atoms with Gasteiger partial charge >= 0.3 is 0 Å². The van der Waals surface area contributed by atoms with Crippen LogP contribution in [0.3, 0.4) is 0 Å². The number of fused-ring (bicyclic) bond motifs is 3. The van der Waals surface area contributed by atoms with Crippen molar-refractivity contribution in [2.45, 2.75) is 51.4 Å². The number of pyridine rings is 1. The first-order valence-electron chi connectivity index (χ1n) is 10.0. The molecule has 0 bridgehead atoms. The zero-order chi connectivity index (χ0) is 19.9. The quantitative estimate of drug-likeness (QED) is 0.697. The Balaban J connectivity index is 1.86. The average molecular weight is 381 g/mol. The Labute approximate surface area is 165 Å². The van der Waals surface area contributed by atoms with Crippen LogP contribution in [0.2, 0.25) is 0 Å². The number of hydrogen-bond donors (Lipinski definition) is 2. The van der Waals surface area contributed by atoms with Crippen molar-refractivity contribution in [1.82, 2.24) is 14.9 Å². The van der Waals surface area contributed by atoms with Crippen LogP contribution in [0.4, 0.5) is 4.39 Å². The van der Waals surface area contributed by atoms with Crippen molar-refractivity contribution >= 4 is 10.9 Å². The monoisotopic (exact) mass is 381 g/mol. The Bertz CT molecular complexity index is 964. The lowest BCUT2D eigenvalue weighted by molar-refractivity contribution is 0.0174. The van der Waals surface area contributed by atoms with E-state index in [0.717, 1.165) is 35.3 Å². The maximum Gasteiger partial charge on any atom is 0.143 e. The summed E-state index contributed by atoms with van der Waals surface area (Å²) in [6, 6.07) is 12.5. The predicted molar refractivity (Wildman–Crippen MR) is 110 cm³/mol. The van der Waals surface area contributed by atoms with Gasteiger partial charge in [0.15, 0.2) is 0 Å². The number of para-hydroxylation sites is 1. The number of aromatic amines is 1. The first-order valence-corrected chi connectivity index (χ1v) is 10.0. The molecule has 1 aliphatic heterocycles. The van der Waals surface area contributed by atoms with Gasteiger partial charge in [-0.3, -0.25) is 9.88 Å². The van der Waals surface area contributed by atoms with Gasteiger partial charge in [-0.1, -0.05) is 31.2 Å². The van der Waals surface area contributed by atoms with E-state index in [4.69, 9.17) is 0 Å². The molecule has 0 saturated heterocycles. The van der Waals surface area contributed by atoms with Gasteiger partial charge in [0.05, 0.1) is 12.6 Å². The van der Waals surface area contributed by atoms with Crippen LogP contribution in [0.1, 0.15) is 49.3 Å². The fourth-order valence-corrected chi connectivity index (χ4v) is 4.35. The third kappa shape index (κ3) is 3.33. The highest BCUT2D eigenvalue weighted by Crippen LogP contribution is 2.41. The summed E-state index contributed by atoms with van der Waals surface area (Å²) in [6.45, 7) is 5.37. The molecule has 3 aromatic rings. The summed E-state index contributed by atoms with van der Waals surface area (Å²) in [4.78, 5) is 10.3. The van der Waals surface area contributed by atoms with Crippen molar-refractivity contribution in [1.29, 1.82) is 0 Å². The molecule has 2 N–H and O–H groups in total. The molecule has 148 valence electrons. The highest BCUT2D eigenvalue weighted by molar-refractivity contribution is 5.85. The number of nitrogens with zero attached hydrogens (tertiary/aromatic N) is 2. The number of rotatable bonds is 5. The van der Waals surface area contributed by atoms with Crippen molar-refractivity contribution in [3.63, 3.8) is 0 Å². The summed E-state index contributed by atoms with van der Waals surface area (Å²) in [5.41, 5.74) is 3.95. The summed E-state index contributed by atoms with van der Waals surface area (Å²) in [7, 11) is 0. The summed E-state index contributed by atoms with van der Waals surface area (Å²) in [5, 5.41) is 10.8. The second-order valence-electron chi connectivity index (χ2n) is 8.20. The van der Waals surface area contributed by atoms with E-state index in [1.54, 1.807) is 0 Å². The molecule has 1 aromatic carbocycles. The highest BCUT2D eigenvalue weighted by atomic mass is 19.1. The zero-order valence-electron chi connectivity index (χ0n) is 16.7. The molecule has 2 aromatic heterocycles. The highest BCUT2D eigenvalue weighted by Gasteiger charge is 2.39. The minimum atomic E-state index is -1.66. The van der Waals surface area contributed by atoms with E-state index in [2.05, 4.69) is 59.0 Å². The third-order valence-corrected chi connectivity index (χ3v) is 5.88. The van der Waals surface area contributed by atoms with E-state index in [0.29, 0.717) is 0 Å². The fourth-order valence-electron chi connectivity index (χ4n) is 4.35. The Hall–Kier alpha value is -2.24. The zero-order valence-corrected chi connectivity index (χ0v) is 16.7. The summed E-state index contributed by atoms with van der Waals surface area (Å²) in [6.07, 6.45) is 3.64. The standard InChI is InChI=1S/C23H28FN3O/c1-4-17-10-9-16(12-25-17)22-21-19(18-7-5-6-8-20(18)26-21)11-15(2)27(22)13-23(3,24)14-28/h5-10,12,15,22,26,28H,4,11,13-14H2,1-3H3. The van der Waals surface area contributed by atoms with Crippen LogP contribution in [0.5, 0.6) is 0 Å². The molecule has 3 unspecified atom stereocenters. The largest absolute Gasteiger partial charge is 0.393 e. The van der Waals surface area contributed by atoms with Crippen molar-refractivity contribution in [3.05, 3.63) is 65.1 Å². The lowest BCUT2D eigenvalue weighted by Crippen LogP contribution is -2.49. The third-order valence-electron chi connectivity index (χ3n) is 5.88. The number of alkyl halides is 1. The molecule has 0 fully saturated rings. The van der Waals surface area contributed by atoms with Crippen LogP contribution in [0.15, 0.2) is 42.6 Å². The lowest BCUT2D eigenvalue weighted by atomic mass is 9.88. The molecule has 4 nitrogen and oxygen atoms in total. The number of hydrogen-bond acceptors (Lipinski definition) is 3. The second-order valence-corrected chi connectivity index (χ2v) is 8.20. The van der Waals surface area contributed by atoms with E-state index in [-0.39, 0.29) is 18.6 Å². The van der Waals surface area contributed by atoms with Crippen LogP contribution in [0, 0.1) is 0 Å². The SMILES string of the molecule is CCc1ccc(C2c3[nH]c4ccccc4c3CC(C)N2CC(C)(F)CO)cn1. The summed E-state index contributed by atoms with van der Waals surface area (Å²) < 4.78 is 14.8. The summed E-state index contributed by atoms with van der Waals surface area (Å²) in [5.74, 6) is 0. The number of aliphatic hydroxyl groups is 1. The number of nitrogens with one attached hydrogen (secondary N) is 1. The first-order chi connectivity index (χ1) is 13.4. The smallest absolute Gasteiger partial charge is 0.143 e. The minimum absolute atomic E-state index is 0.119. The van der Waals surface area contributed by atoms with Crippen molar-refractivity contribution < 1.29 is 9.50 Å². The number of benzene rings is 1. The maximum atomic E-state index is 14.8. The van der Waals surface area contributed by atoms with E-state index in [1.807, 2.05) is 12.3 Å². The van der Waals surface area contributed by atoms with E-state index >= 15 is 0 Å². The van der Waals surface area contributed by atoms with Crippen LogP contribution >= 0.6 is 0 Å². The molecule has 3 heterocycles. The Morgan fingerprint density at radius 1 is 1.29 bits per heavy atom. The fraction of sp³-hybridized carbons (Fsp3) is 0.435. The van der Waals surface area contributed by atoms with E-state index in [1.165, 1.54) is 17.9 Å². The van der Waals surface area contributed by atoms with Gasteiger partial charge in [-0.15, -0.1) is 0 Å². The van der Waals surface area contributed by atoms with Gasteiger partial charge in [0.2, 0.25) is 0 Å². The van der Waals surface area contributed by atoms with Crippen LogP contribution in [0.25, 0.3) is 10.9 Å². The van der Waals surface area contributed by atoms with Crippen molar-refractivity contribution in [3.8, 4) is 0 Å². The van der Waals surface area contributed by atoms with Gasteiger partial charge in [-0.05, 0) is 49.9 Å². The number of aromatic nitrogens is 2. The summed E-state index contributed by atoms with van der Waals surface area (Å²) >= 11 is 0. The molecule has 5 heteroatoms. The molecular weight excluding hydrogens is 353 g/mol. The number of halogens is 1. The molecule has 0 amide bonds. The Kier molecular flexibility index (Phi) is 4.98. The molecule has 3 atom stereocenters. The van der Waals surface area contributed by atoms with E-state index in [9.17, 15) is 9.50 Å². The second kappa shape index (κ2) is 7.30. The van der Waals surface area contributed by atoms with E-state index < -0.39 is 12.3 Å². The molecule has 0 radical (unpaired) electrons. The molecule has 1 aliphatic rings. The first kappa shape index (κ1) is 19.1. The molecule has 28 heavy (non-hydrogen) atoms. The Morgan fingerprint density at radius 2 is 2.07 bits per heavy atom. The predicted octanol–water partition coefficient (Wildman–Crippen LogP) is 4.18. The Morgan fingerprint density at radius 3 is 2.75 bits per heavy atom. The van der Waals surface area contributed by atoms with Gasteiger partial charge < -0.3 is 10.1 Å². The normalized spacial score (nSPS) is 22.2. The van der Waals surface area contributed by atoms with Crippen molar-refractivity contribution in [2.24, 2.45) is 0 Å². The van der Waals surface area contributed by atoms with Gasteiger partial charge in [-0.2, -0.15) is 0 Å². The van der Waals surface area contributed by atoms with Gasteiger partial charge in [0.1, 0.15) is 5.67 Å². The topological polar surface area (TPSA) is 52.2 Å². The minimum Gasteiger partial charge on any atom is -0.393 e. The van der Waals surface area contributed by atoms with Crippen LogP contribution in [-0.4, -0.2) is 44.8 Å². The molecule has 0 spiro atoms. The average Bonchev–Trinajstić information content (AvgIpc) is 3.06. The van der Waals surface area contributed by atoms with Gasteiger partial charge in [-0.25, -0.2) is 4.39 Å². The number of aryl methyl sites for hydroxylation is 1. The molecule has 0 saturated carbocycles. The van der Waals surface area contributed by atoms with Crippen molar-refractivity contribution in [2.75, 3.05) is 13.2 Å². The van der Waals surface area contributed by atoms with Gasteiger partial charge in [0.25, 0.3) is 0 Å².